The largest absolute Gasteiger partial charge is 0.483 e. The second kappa shape index (κ2) is 8.82. The molecule has 1 aliphatic heterocycles. The number of morpholine rings is 1. The molecule has 0 radical (unpaired) electrons. The van der Waals surface area contributed by atoms with Crippen molar-refractivity contribution in [1.29, 1.82) is 0 Å². The van der Waals surface area contributed by atoms with Crippen LogP contribution in [0, 0.1) is 13.8 Å². The summed E-state index contributed by atoms with van der Waals surface area (Å²) < 4.78 is 11.4. The van der Waals surface area contributed by atoms with E-state index in [4.69, 9.17) is 14.6 Å². The van der Waals surface area contributed by atoms with Gasteiger partial charge < -0.3 is 19.5 Å². The minimum Gasteiger partial charge on any atom is -0.483 e. The molecule has 7 heteroatoms. The van der Waals surface area contributed by atoms with Crippen molar-refractivity contribution >= 4 is 11.9 Å². The number of carbonyl (C=O) groups is 2. The fourth-order valence-corrected chi connectivity index (χ4v) is 2.95. The summed E-state index contributed by atoms with van der Waals surface area (Å²) in [6.07, 6.45) is -0.192. The van der Waals surface area contributed by atoms with Crippen LogP contribution >= 0.6 is 0 Å². The highest BCUT2D eigenvalue weighted by atomic mass is 16.5. The summed E-state index contributed by atoms with van der Waals surface area (Å²) in [6, 6.07) is 5.87. The van der Waals surface area contributed by atoms with Crippen LogP contribution in [0.3, 0.4) is 0 Å². The van der Waals surface area contributed by atoms with Crippen LogP contribution in [0.15, 0.2) is 18.2 Å². The summed E-state index contributed by atoms with van der Waals surface area (Å²) in [6.45, 7) is 5.72. The fourth-order valence-electron chi connectivity index (χ4n) is 2.95. The van der Waals surface area contributed by atoms with Crippen LogP contribution in [0.4, 0.5) is 0 Å². The Morgan fingerprint density at radius 3 is 2.68 bits per heavy atom. The molecule has 1 atom stereocenters. The summed E-state index contributed by atoms with van der Waals surface area (Å²) in [7, 11) is 1.72. The smallest absolute Gasteiger partial charge is 0.317 e. The summed E-state index contributed by atoms with van der Waals surface area (Å²) in [5.74, 6) is -0.216. The molecule has 1 aromatic rings. The molecular weight excluding hydrogens is 324 g/mol. The van der Waals surface area contributed by atoms with Crippen LogP contribution in [0.2, 0.25) is 0 Å². The zero-order valence-corrected chi connectivity index (χ0v) is 15.0. The summed E-state index contributed by atoms with van der Waals surface area (Å²) in [4.78, 5) is 26.6. The molecule has 0 bridgehead atoms. The van der Waals surface area contributed by atoms with E-state index in [2.05, 4.69) is 0 Å². The Bertz CT molecular complexity index is 599. The minimum atomic E-state index is -0.881. The van der Waals surface area contributed by atoms with E-state index in [-0.39, 0.29) is 25.2 Å². The van der Waals surface area contributed by atoms with Crippen molar-refractivity contribution in [2.24, 2.45) is 0 Å². The van der Waals surface area contributed by atoms with Gasteiger partial charge in [-0.2, -0.15) is 0 Å². The first-order chi connectivity index (χ1) is 11.9. The van der Waals surface area contributed by atoms with Gasteiger partial charge in [0.15, 0.2) is 6.61 Å². The van der Waals surface area contributed by atoms with Crippen LogP contribution in [0.1, 0.15) is 11.1 Å². The Morgan fingerprint density at radius 2 is 2.04 bits per heavy atom. The number of carboxylic acids is 1. The number of carboxylic acid groups (broad SMARTS) is 1. The number of benzene rings is 1. The topological polar surface area (TPSA) is 79.3 Å². The molecule has 25 heavy (non-hydrogen) atoms. The average Bonchev–Trinajstić information content (AvgIpc) is 2.53. The van der Waals surface area contributed by atoms with E-state index in [1.54, 1.807) is 16.8 Å². The van der Waals surface area contributed by atoms with Gasteiger partial charge in [0.2, 0.25) is 0 Å². The van der Waals surface area contributed by atoms with E-state index in [9.17, 15) is 9.59 Å². The number of nitrogens with zero attached hydrogens (tertiary/aromatic N) is 2. The van der Waals surface area contributed by atoms with E-state index >= 15 is 0 Å². The third-order valence-electron chi connectivity index (χ3n) is 4.16. The molecule has 0 aliphatic carbocycles. The number of rotatable bonds is 7. The first-order valence-corrected chi connectivity index (χ1v) is 8.35. The molecule has 0 aromatic heterocycles. The SMILES string of the molecule is Cc1cccc(C)c1OCC(=O)N1CCOC(CN(C)CC(=O)O)C1. The Labute approximate surface area is 148 Å². The molecule has 0 saturated carbocycles. The molecule has 1 aliphatic rings. The first-order valence-electron chi connectivity index (χ1n) is 8.35. The zero-order valence-electron chi connectivity index (χ0n) is 15.0. The van der Waals surface area contributed by atoms with Crippen molar-refractivity contribution in [2.75, 3.05) is 46.4 Å². The highest BCUT2D eigenvalue weighted by Gasteiger charge is 2.26. The van der Waals surface area contributed by atoms with Gasteiger partial charge in [-0.25, -0.2) is 0 Å². The van der Waals surface area contributed by atoms with Crippen LogP contribution < -0.4 is 4.74 Å². The number of aryl methyl sites for hydroxylation is 2. The molecule has 138 valence electrons. The number of hydrogen-bond acceptors (Lipinski definition) is 5. The first kappa shape index (κ1) is 19.2. The van der Waals surface area contributed by atoms with Gasteiger partial charge in [0.25, 0.3) is 5.91 Å². The Kier molecular flexibility index (Phi) is 6.78. The highest BCUT2D eigenvalue weighted by molar-refractivity contribution is 5.78. The van der Waals surface area contributed by atoms with E-state index < -0.39 is 5.97 Å². The second-order valence-electron chi connectivity index (χ2n) is 6.43. The molecule has 1 unspecified atom stereocenters. The van der Waals surface area contributed by atoms with Crippen LogP contribution in [0.5, 0.6) is 5.75 Å². The molecule has 1 saturated heterocycles. The maximum Gasteiger partial charge on any atom is 0.317 e. The van der Waals surface area contributed by atoms with Crippen molar-refractivity contribution < 1.29 is 24.2 Å². The second-order valence-corrected chi connectivity index (χ2v) is 6.43. The maximum atomic E-state index is 12.4. The van der Waals surface area contributed by atoms with Gasteiger partial charge in [-0.1, -0.05) is 18.2 Å². The lowest BCUT2D eigenvalue weighted by molar-refractivity contribution is -0.143. The fraction of sp³-hybridized carbons (Fsp3) is 0.556. The van der Waals surface area contributed by atoms with Gasteiger partial charge in [0.05, 0.1) is 19.3 Å². The minimum absolute atomic E-state index is 0.0105. The Morgan fingerprint density at radius 1 is 1.36 bits per heavy atom. The molecule has 1 N–H and O–H groups in total. The maximum absolute atomic E-state index is 12.4. The number of amides is 1. The standard InChI is InChI=1S/C18H26N2O5/c1-13-5-4-6-14(2)18(13)25-12-16(21)20-7-8-24-15(10-20)9-19(3)11-17(22)23/h4-6,15H,7-12H2,1-3H3,(H,22,23). The summed E-state index contributed by atoms with van der Waals surface area (Å²) >= 11 is 0. The summed E-state index contributed by atoms with van der Waals surface area (Å²) in [5, 5.41) is 8.81. The van der Waals surface area contributed by atoms with Gasteiger partial charge in [0, 0.05) is 19.6 Å². The van der Waals surface area contributed by atoms with Gasteiger partial charge in [-0.3, -0.25) is 14.5 Å². The monoisotopic (exact) mass is 350 g/mol. The molecule has 0 spiro atoms. The highest BCUT2D eigenvalue weighted by Crippen LogP contribution is 2.22. The van der Waals surface area contributed by atoms with Gasteiger partial charge in [0.1, 0.15) is 5.75 Å². The number of aliphatic carboxylic acids is 1. The van der Waals surface area contributed by atoms with Crippen LogP contribution in [0.25, 0.3) is 0 Å². The normalized spacial score (nSPS) is 17.6. The Balaban J connectivity index is 1.86. The number of para-hydroxylation sites is 1. The number of carbonyl (C=O) groups excluding carboxylic acids is 1. The summed E-state index contributed by atoms with van der Waals surface area (Å²) in [5.41, 5.74) is 2.01. The lowest BCUT2D eigenvalue weighted by atomic mass is 10.1. The van der Waals surface area contributed by atoms with Crippen molar-refractivity contribution in [3.63, 3.8) is 0 Å². The molecule has 7 nitrogen and oxygen atoms in total. The third-order valence-corrected chi connectivity index (χ3v) is 4.16. The molecular formula is C18H26N2O5. The van der Waals surface area contributed by atoms with E-state index in [1.807, 2.05) is 32.0 Å². The number of hydrogen-bond donors (Lipinski definition) is 1. The van der Waals surface area contributed by atoms with Gasteiger partial charge >= 0.3 is 5.97 Å². The van der Waals surface area contributed by atoms with Crippen LogP contribution in [-0.4, -0.2) is 79.3 Å². The van der Waals surface area contributed by atoms with Crippen molar-refractivity contribution in [3.8, 4) is 5.75 Å². The number of likely N-dealkylation sites (N-methyl/N-ethyl adjacent to an activating group) is 1. The van der Waals surface area contributed by atoms with Crippen LogP contribution in [-0.2, 0) is 14.3 Å². The predicted octanol–water partition coefficient (Wildman–Crippen LogP) is 0.926. The molecule has 1 aromatic carbocycles. The lowest BCUT2D eigenvalue weighted by Crippen LogP contribution is -2.50. The molecule has 1 heterocycles. The van der Waals surface area contributed by atoms with Crippen molar-refractivity contribution in [3.05, 3.63) is 29.3 Å². The molecule has 2 rings (SSSR count). The molecule has 1 fully saturated rings. The predicted molar refractivity (Wildman–Crippen MR) is 92.9 cm³/mol. The zero-order chi connectivity index (χ0) is 18.4. The van der Waals surface area contributed by atoms with E-state index in [0.717, 1.165) is 16.9 Å². The lowest BCUT2D eigenvalue weighted by Gasteiger charge is -2.34. The van der Waals surface area contributed by atoms with E-state index in [1.165, 1.54) is 0 Å². The average molecular weight is 350 g/mol. The third kappa shape index (κ3) is 5.72. The quantitative estimate of drug-likeness (QED) is 0.788. The van der Waals surface area contributed by atoms with Gasteiger partial charge in [-0.05, 0) is 32.0 Å². The Hall–Kier alpha value is -2.12. The number of ether oxygens (including phenoxy) is 2. The molecule has 1 amide bonds. The van der Waals surface area contributed by atoms with Gasteiger partial charge in [-0.15, -0.1) is 0 Å². The van der Waals surface area contributed by atoms with Crippen molar-refractivity contribution in [1.82, 2.24) is 9.80 Å². The van der Waals surface area contributed by atoms with E-state index in [0.29, 0.717) is 26.2 Å². The van der Waals surface area contributed by atoms with Crippen molar-refractivity contribution in [2.45, 2.75) is 20.0 Å².